The number of aromatic carboxylic acids is 2. The Morgan fingerprint density at radius 2 is 1.57 bits per heavy atom. The fourth-order valence-electron chi connectivity index (χ4n) is 1.73. The van der Waals surface area contributed by atoms with Crippen LogP contribution >= 0.6 is 11.8 Å². The maximum Gasteiger partial charge on any atom is 0.119 e. The lowest BCUT2D eigenvalue weighted by Gasteiger charge is -2.14. The second-order valence-electron chi connectivity index (χ2n) is 4.04. The van der Waals surface area contributed by atoms with E-state index in [9.17, 15) is 19.8 Å². The third kappa shape index (κ3) is 3.35. The molecule has 0 spiro atoms. The third-order valence-electron chi connectivity index (χ3n) is 2.73. The Hall–Kier alpha value is -2.47. The molecule has 0 aromatic heterocycles. The SMILES string of the molecule is COc1ccc(Sc2ccccc2C(=O)[O-])c(C(=O)[O-])c1. The number of carbonyl (C=O) groups is 2. The van der Waals surface area contributed by atoms with Crippen molar-refractivity contribution in [3.8, 4) is 5.75 Å². The minimum Gasteiger partial charge on any atom is -0.545 e. The first-order valence-corrected chi connectivity index (χ1v) is 6.72. The lowest BCUT2D eigenvalue weighted by molar-refractivity contribution is -0.256. The zero-order chi connectivity index (χ0) is 15.4. The molecule has 0 radical (unpaired) electrons. The number of rotatable bonds is 5. The summed E-state index contributed by atoms with van der Waals surface area (Å²) in [5, 5.41) is 22.2. The smallest absolute Gasteiger partial charge is 0.119 e. The summed E-state index contributed by atoms with van der Waals surface area (Å²) in [6.45, 7) is 0. The van der Waals surface area contributed by atoms with E-state index in [0.717, 1.165) is 11.8 Å². The maximum absolute atomic E-state index is 11.2. The average Bonchev–Trinajstić information content (AvgIpc) is 2.47. The first-order valence-electron chi connectivity index (χ1n) is 5.90. The molecule has 0 aliphatic rings. The quantitative estimate of drug-likeness (QED) is 0.802. The van der Waals surface area contributed by atoms with Crippen molar-refractivity contribution in [1.29, 1.82) is 0 Å². The van der Waals surface area contributed by atoms with E-state index < -0.39 is 11.9 Å². The predicted octanol–water partition coefficient (Wildman–Crippen LogP) is 0.573. The van der Waals surface area contributed by atoms with Gasteiger partial charge in [-0.15, -0.1) is 0 Å². The van der Waals surface area contributed by atoms with Gasteiger partial charge in [0.2, 0.25) is 0 Å². The van der Waals surface area contributed by atoms with E-state index in [0.29, 0.717) is 15.5 Å². The van der Waals surface area contributed by atoms with Crippen molar-refractivity contribution in [1.82, 2.24) is 0 Å². The van der Waals surface area contributed by atoms with Crippen LogP contribution < -0.4 is 14.9 Å². The molecular weight excluding hydrogens is 292 g/mol. The molecule has 0 bridgehead atoms. The fraction of sp³-hybridized carbons (Fsp3) is 0.0667. The summed E-state index contributed by atoms with van der Waals surface area (Å²) in [5.74, 6) is -2.30. The van der Waals surface area contributed by atoms with Gasteiger partial charge in [-0.1, -0.05) is 30.0 Å². The summed E-state index contributed by atoms with van der Waals surface area (Å²) in [4.78, 5) is 23.0. The topological polar surface area (TPSA) is 89.5 Å². The third-order valence-corrected chi connectivity index (χ3v) is 3.89. The van der Waals surface area contributed by atoms with Gasteiger partial charge in [-0.2, -0.15) is 0 Å². The van der Waals surface area contributed by atoms with Crippen LogP contribution in [-0.4, -0.2) is 19.0 Å². The van der Waals surface area contributed by atoms with Gasteiger partial charge in [-0.3, -0.25) is 0 Å². The maximum atomic E-state index is 11.2. The Morgan fingerprint density at radius 3 is 2.19 bits per heavy atom. The molecule has 0 aliphatic carbocycles. The molecule has 0 amide bonds. The highest BCUT2D eigenvalue weighted by atomic mass is 32.2. The lowest BCUT2D eigenvalue weighted by atomic mass is 10.2. The minimum atomic E-state index is -1.36. The van der Waals surface area contributed by atoms with Crippen LogP contribution in [0.15, 0.2) is 52.3 Å². The fourth-order valence-corrected chi connectivity index (χ4v) is 2.76. The van der Waals surface area contributed by atoms with Gasteiger partial charge < -0.3 is 24.5 Å². The molecule has 0 N–H and O–H groups in total. The number of benzene rings is 2. The lowest BCUT2D eigenvalue weighted by Crippen LogP contribution is -2.23. The van der Waals surface area contributed by atoms with E-state index in [2.05, 4.69) is 0 Å². The molecule has 0 fully saturated rings. The van der Waals surface area contributed by atoms with Crippen LogP contribution in [0.4, 0.5) is 0 Å². The Balaban J connectivity index is 2.45. The number of carbonyl (C=O) groups excluding carboxylic acids is 2. The number of carboxylic acids is 2. The van der Waals surface area contributed by atoms with E-state index in [1.54, 1.807) is 30.3 Å². The monoisotopic (exact) mass is 302 g/mol. The number of carboxylic acid groups (broad SMARTS) is 2. The van der Waals surface area contributed by atoms with Crippen molar-refractivity contribution in [3.05, 3.63) is 53.6 Å². The molecule has 0 unspecified atom stereocenters. The Morgan fingerprint density at radius 1 is 0.952 bits per heavy atom. The predicted molar refractivity (Wildman–Crippen MR) is 72.2 cm³/mol. The molecular formula is C15H10O5S-2. The van der Waals surface area contributed by atoms with E-state index in [-0.39, 0.29) is 11.1 Å². The Kier molecular flexibility index (Phi) is 4.49. The van der Waals surface area contributed by atoms with Gasteiger partial charge in [0.1, 0.15) is 5.75 Å². The molecule has 0 saturated heterocycles. The Labute approximate surface area is 125 Å². The van der Waals surface area contributed by atoms with Gasteiger partial charge in [0, 0.05) is 20.9 Å². The van der Waals surface area contributed by atoms with Crippen LogP contribution in [0.1, 0.15) is 20.7 Å². The second kappa shape index (κ2) is 6.32. The zero-order valence-electron chi connectivity index (χ0n) is 11.0. The molecule has 2 aromatic carbocycles. The molecule has 21 heavy (non-hydrogen) atoms. The summed E-state index contributed by atoms with van der Waals surface area (Å²) in [6, 6.07) is 10.7. The summed E-state index contributed by atoms with van der Waals surface area (Å²) in [6.07, 6.45) is 0. The van der Waals surface area contributed by atoms with Crippen LogP contribution in [0, 0.1) is 0 Å². The van der Waals surface area contributed by atoms with Crippen LogP contribution in [0.3, 0.4) is 0 Å². The summed E-state index contributed by atoms with van der Waals surface area (Å²) < 4.78 is 4.97. The molecule has 0 saturated carbocycles. The number of hydrogen-bond donors (Lipinski definition) is 0. The number of hydrogen-bond acceptors (Lipinski definition) is 6. The summed E-state index contributed by atoms with van der Waals surface area (Å²) in [7, 11) is 1.42. The van der Waals surface area contributed by atoms with Crippen molar-refractivity contribution in [2.75, 3.05) is 7.11 Å². The van der Waals surface area contributed by atoms with Gasteiger partial charge in [0.15, 0.2) is 0 Å². The minimum absolute atomic E-state index is 0.00242. The van der Waals surface area contributed by atoms with E-state index in [1.807, 2.05) is 0 Å². The largest absolute Gasteiger partial charge is 0.545 e. The molecule has 0 aliphatic heterocycles. The van der Waals surface area contributed by atoms with Gasteiger partial charge in [0.25, 0.3) is 0 Å². The van der Waals surface area contributed by atoms with Crippen LogP contribution in [0.5, 0.6) is 5.75 Å². The van der Waals surface area contributed by atoms with Gasteiger partial charge in [0.05, 0.1) is 19.0 Å². The molecule has 0 heterocycles. The van der Waals surface area contributed by atoms with Crippen molar-refractivity contribution in [3.63, 3.8) is 0 Å². The number of methoxy groups -OCH3 is 1. The van der Waals surface area contributed by atoms with Crippen molar-refractivity contribution in [2.24, 2.45) is 0 Å². The second-order valence-corrected chi connectivity index (χ2v) is 5.12. The standard InChI is InChI=1S/C15H12O5S/c1-20-9-6-7-13(11(8-9)15(18)19)21-12-5-3-2-4-10(12)14(16)17/h2-8H,1H3,(H,16,17)(H,18,19)/p-2. The van der Waals surface area contributed by atoms with Gasteiger partial charge in [-0.05, 0) is 24.3 Å². The molecule has 108 valence electrons. The van der Waals surface area contributed by atoms with Crippen LogP contribution in [0.2, 0.25) is 0 Å². The molecule has 6 heteroatoms. The highest BCUT2D eigenvalue weighted by Crippen LogP contribution is 2.34. The zero-order valence-corrected chi connectivity index (χ0v) is 11.8. The van der Waals surface area contributed by atoms with E-state index in [1.165, 1.54) is 19.2 Å². The highest BCUT2D eigenvalue weighted by molar-refractivity contribution is 7.99. The van der Waals surface area contributed by atoms with Crippen LogP contribution in [0.25, 0.3) is 0 Å². The molecule has 5 nitrogen and oxygen atoms in total. The highest BCUT2D eigenvalue weighted by Gasteiger charge is 2.10. The van der Waals surface area contributed by atoms with Crippen molar-refractivity contribution < 1.29 is 24.5 Å². The van der Waals surface area contributed by atoms with Gasteiger partial charge in [-0.25, -0.2) is 0 Å². The first kappa shape index (κ1) is 14.9. The van der Waals surface area contributed by atoms with Crippen LogP contribution in [-0.2, 0) is 0 Å². The normalized spacial score (nSPS) is 10.1. The summed E-state index contributed by atoms with van der Waals surface area (Å²) >= 11 is 1.02. The van der Waals surface area contributed by atoms with Crippen molar-refractivity contribution >= 4 is 23.7 Å². The molecule has 2 rings (SSSR count). The average molecular weight is 302 g/mol. The van der Waals surface area contributed by atoms with E-state index >= 15 is 0 Å². The number of ether oxygens (including phenoxy) is 1. The van der Waals surface area contributed by atoms with E-state index in [4.69, 9.17) is 4.74 Å². The van der Waals surface area contributed by atoms with Crippen molar-refractivity contribution in [2.45, 2.75) is 9.79 Å². The first-order chi connectivity index (χ1) is 10.0. The summed E-state index contributed by atoms with van der Waals surface area (Å²) in [5.41, 5.74) is -0.0601. The molecule has 0 atom stereocenters. The van der Waals surface area contributed by atoms with Gasteiger partial charge >= 0.3 is 0 Å². The Bertz CT molecular complexity index is 696. The molecule has 2 aromatic rings.